The summed E-state index contributed by atoms with van der Waals surface area (Å²) in [6.07, 6.45) is 29.4. The fourth-order valence-electron chi connectivity index (χ4n) is 5.11. The van der Waals surface area contributed by atoms with Crippen molar-refractivity contribution in [3.05, 3.63) is 12.2 Å². The highest BCUT2D eigenvalue weighted by atomic mass is 28.4. The first kappa shape index (κ1) is 41.3. The topological polar surface area (TPSA) is 54.0 Å². The summed E-state index contributed by atoms with van der Waals surface area (Å²) in [5, 5.41) is 0. The molecule has 0 bridgehead atoms. The lowest BCUT2D eigenvalue weighted by Gasteiger charge is -2.30. The van der Waals surface area contributed by atoms with Crippen molar-refractivity contribution in [3.8, 4) is 0 Å². The first-order valence-corrected chi connectivity index (χ1v) is 20.2. The van der Waals surface area contributed by atoms with Crippen LogP contribution in [0.1, 0.15) is 182 Å². The van der Waals surface area contributed by atoms with E-state index in [1.54, 1.807) is 6.92 Å². The van der Waals surface area contributed by atoms with E-state index in [-0.39, 0.29) is 5.97 Å². The Morgan fingerprint density at radius 1 is 0.476 bits per heavy atom. The molecule has 0 aliphatic carbocycles. The largest absolute Gasteiger partial charge is 0.500 e. The van der Waals surface area contributed by atoms with Crippen LogP contribution in [0.3, 0.4) is 0 Å². The average Bonchev–Trinajstić information content (AvgIpc) is 2.98. The van der Waals surface area contributed by atoms with Gasteiger partial charge in [-0.05, 0) is 39.0 Å². The Morgan fingerprint density at radius 2 is 0.786 bits per heavy atom. The maximum absolute atomic E-state index is 11.5. The highest BCUT2D eigenvalue weighted by Gasteiger charge is 2.40. The number of carbonyl (C=O) groups is 1. The van der Waals surface area contributed by atoms with E-state index in [1.807, 2.05) is 0 Å². The second-order valence-electron chi connectivity index (χ2n) is 12.3. The van der Waals surface area contributed by atoms with E-state index < -0.39 is 8.80 Å². The summed E-state index contributed by atoms with van der Waals surface area (Å²) in [6, 6.07) is 0.935. The fraction of sp³-hybridized carbons (Fsp3) is 0.917. The maximum Gasteiger partial charge on any atom is 0.500 e. The van der Waals surface area contributed by atoms with E-state index in [0.29, 0.717) is 12.2 Å². The molecule has 0 rings (SSSR count). The van der Waals surface area contributed by atoms with Crippen LogP contribution in [0.15, 0.2) is 12.2 Å². The predicted molar refractivity (Wildman–Crippen MR) is 182 cm³/mol. The highest BCUT2D eigenvalue weighted by Crippen LogP contribution is 2.23. The van der Waals surface area contributed by atoms with Crippen LogP contribution in [-0.2, 0) is 22.8 Å². The van der Waals surface area contributed by atoms with Gasteiger partial charge < -0.3 is 18.0 Å². The van der Waals surface area contributed by atoms with Crippen molar-refractivity contribution >= 4 is 14.8 Å². The molecular weight excluding hydrogens is 540 g/mol. The van der Waals surface area contributed by atoms with Crippen molar-refractivity contribution in [1.29, 1.82) is 0 Å². The third kappa shape index (κ3) is 26.9. The number of rotatable bonds is 34. The molecule has 0 aliphatic rings. The van der Waals surface area contributed by atoms with Gasteiger partial charge >= 0.3 is 14.8 Å². The fourth-order valence-corrected chi connectivity index (χ4v) is 7.84. The zero-order valence-corrected chi connectivity index (χ0v) is 29.8. The van der Waals surface area contributed by atoms with Crippen LogP contribution in [0.2, 0.25) is 6.04 Å². The molecule has 42 heavy (non-hydrogen) atoms. The zero-order valence-electron chi connectivity index (χ0n) is 28.8. The van der Waals surface area contributed by atoms with Crippen LogP contribution in [-0.4, -0.2) is 41.2 Å². The molecule has 0 unspecified atom stereocenters. The molecular formula is C36H72O5Si. The van der Waals surface area contributed by atoms with Gasteiger partial charge in [0.1, 0.15) is 0 Å². The van der Waals surface area contributed by atoms with E-state index in [9.17, 15) is 4.79 Å². The van der Waals surface area contributed by atoms with Crippen LogP contribution in [0, 0.1) is 0 Å². The molecule has 0 aromatic heterocycles. The van der Waals surface area contributed by atoms with Crippen molar-refractivity contribution < 1.29 is 22.8 Å². The first-order valence-electron chi connectivity index (χ1n) is 18.3. The Morgan fingerprint density at radius 3 is 1.14 bits per heavy atom. The average molecular weight is 613 g/mol. The van der Waals surface area contributed by atoms with E-state index in [2.05, 4.69) is 27.4 Å². The molecule has 0 aliphatic heterocycles. The van der Waals surface area contributed by atoms with Gasteiger partial charge in [0.15, 0.2) is 0 Å². The number of ether oxygens (including phenoxy) is 1. The molecule has 0 saturated heterocycles. The monoisotopic (exact) mass is 613 g/mol. The summed E-state index contributed by atoms with van der Waals surface area (Å²) in [4.78, 5) is 11.5. The van der Waals surface area contributed by atoms with Crippen molar-refractivity contribution in [2.24, 2.45) is 0 Å². The van der Waals surface area contributed by atoms with Crippen LogP contribution < -0.4 is 0 Å². The van der Waals surface area contributed by atoms with Gasteiger partial charge in [-0.25, -0.2) is 4.79 Å². The minimum absolute atomic E-state index is 0.279. The van der Waals surface area contributed by atoms with Gasteiger partial charge in [0.05, 0.1) is 6.61 Å². The predicted octanol–water partition coefficient (Wildman–Crippen LogP) is 11.5. The third-order valence-corrected chi connectivity index (χ3v) is 10.8. The molecule has 0 aromatic carbocycles. The molecule has 0 spiro atoms. The summed E-state index contributed by atoms with van der Waals surface area (Å²) >= 11 is 0. The van der Waals surface area contributed by atoms with Crippen LogP contribution >= 0.6 is 0 Å². The SMILES string of the molecule is C=C(C)C(=O)OCCCCCCCC[Si](OCCCCCCCC)(OCCCCCCCC)OCCCCCCCC. The lowest BCUT2D eigenvalue weighted by molar-refractivity contribution is -0.139. The van der Waals surface area contributed by atoms with Gasteiger partial charge in [0.2, 0.25) is 0 Å². The standard InChI is InChI=1S/C36H72O5Si/c1-6-9-12-15-21-26-31-39-42(40-32-27-22-16-13-10-7-2,41-33-28-23-17-14-11-8-3)34-29-24-19-18-20-25-30-38-36(37)35(4)5/h4,6-34H2,1-3,5H3. The van der Waals surface area contributed by atoms with E-state index in [4.69, 9.17) is 18.0 Å². The summed E-state index contributed by atoms with van der Waals surface area (Å²) in [5.74, 6) is -0.279. The van der Waals surface area contributed by atoms with Gasteiger partial charge in [0.25, 0.3) is 0 Å². The molecule has 5 nitrogen and oxygen atoms in total. The van der Waals surface area contributed by atoms with Crippen LogP contribution in [0.25, 0.3) is 0 Å². The molecule has 0 fully saturated rings. The number of hydrogen-bond donors (Lipinski definition) is 0. The van der Waals surface area contributed by atoms with Gasteiger partial charge in [-0.3, -0.25) is 0 Å². The second-order valence-corrected chi connectivity index (χ2v) is 15.1. The normalized spacial score (nSPS) is 11.7. The van der Waals surface area contributed by atoms with Gasteiger partial charge in [-0.2, -0.15) is 0 Å². The molecule has 0 saturated carbocycles. The Hall–Kier alpha value is -0.693. The van der Waals surface area contributed by atoms with E-state index in [0.717, 1.165) is 70.8 Å². The molecule has 0 radical (unpaired) electrons. The van der Waals surface area contributed by atoms with E-state index >= 15 is 0 Å². The van der Waals surface area contributed by atoms with Gasteiger partial charge in [0, 0.05) is 31.4 Å². The maximum atomic E-state index is 11.5. The minimum Gasteiger partial charge on any atom is -0.462 e. The Labute approximate surface area is 263 Å². The molecule has 250 valence electrons. The first-order chi connectivity index (χ1) is 20.5. The summed E-state index contributed by atoms with van der Waals surface area (Å²) in [5.41, 5.74) is 0.471. The smallest absolute Gasteiger partial charge is 0.462 e. The molecule has 0 atom stereocenters. The van der Waals surface area contributed by atoms with Crippen molar-refractivity contribution in [3.63, 3.8) is 0 Å². The molecule has 0 aromatic rings. The summed E-state index contributed by atoms with van der Waals surface area (Å²) in [6.45, 7) is 15.0. The number of unbranched alkanes of at least 4 members (excludes halogenated alkanes) is 20. The van der Waals surface area contributed by atoms with Gasteiger partial charge in [-0.1, -0.05) is 149 Å². The second kappa shape index (κ2) is 31.7. The quantitative estimate of drug-likeness (QED) is 0.0313. The number of esters is 1. The summed E-state index contributed by atoms with van der Waals surface area (Å²) < 4.78 is 25.2. The summed E-state index contributed by atoms with van der Waals surface area (Å²) in [7, 11) is -2.69. The van der Waals surface area contributed by atoms with E-state index in [1.165, 1.54) is 109 Å². The Bertz CT molecular complexity index is 552. The molecule has 0 amide bonds. The van der Waals surface area contributed by atoms with Crippen molar-refractivity contribution in [2.75, 3.05) is 26.4 Å². The van der Waals surface area contributed by atoms with Gasteiger partial charge in [-0.15, -0.1) is 0 Å². The molecule has 0 N–H and O–H groups in total. The van der Waals surface area contributed by atoms with Crippen molar-refractivity contribution in [2.45, 2.75) is 188 Å². The number of hydrogen-bond acceptors (Lipinski definition) is 5. The Kier molecular flexibility index (Phi) is 31.2. The van der Waals surface area contributed by atoms with Crippen molar-refractivity contribution in [1.82, 2.24) is 0 Å². The zero-order chi connectivity index (χ0) is 31.0. The lowest BCUT2D eigenvalue weighted by atomic mass is 10.1. The minimum atomic E-state index is -2.69. The van der Waals surface area contributed by atoms with Crippen LogP contribution in [0.4, 0.5) is 0 Å². The third-order valence-electron chi connectivity index (χ3n) is 7.92. The molecule has 0 heterocycles. The van der Waals surface area contributed by atoms with Crippen LogP contribution in [0.5, 0.6) is 0 Å². The lowest BCUT2D eigenvalue weighted by Crippen LogP contribution is -2.46. The Balaban J connectivity index is 4.80. The number of carbonyl (C=O) groups excluding carboxylic acids is 1. The molecule has 6 heteroatoms. The highest BCUT2D eigenvalue weighted by molar-refractivity contribution is 6.60.